The van der Waals surface area contributed by atoms with Gasteiger partial charge in [-0.1, -0.05) is 39.8 Å². The van der Waals surface area contributed by atoms with Crippen molar-refractivity contribution < 1.29 is 20.4 Å². The van der Waals surface area contributed by atoms with Gasteiger partial charge in [-0.25, -0.2) is 0 Å². The second-order valence-corrected chi connectivity index (χ2v) is 6.25. The molecule has 0 amide bonds. The van der Waals surface area contributed by atoms with E-state index in [1.165, 1.54) is 0 Å². The van der Waals surface area contributed by atoms with Gasteiger partial charge in [0, 0.05) is 27.7 Å². The summed E-state index contributed by atoms with van der Waals surface area (Å²) in [6.07, 6.45) is 1.01. The number of phenols is 4. The number of phenolic OH excluding ortho intramolecular Hbond substituents is 4. The first-order chi connectivity index (χ1) is 10.8. The van der Waals surface area contributed by atoms with Crippen molar-refractivity contribution in [1.29, 1.82) is 0 Å². The van der Waals surface area contributed by atoms with E-state index in [4.69, 9.17) is 0 Å². The molecule has 0 aliphatic rings. The van der Waals surface area contributed by atoms with E-state index in [2.05, 4.69) is 0 Å². The van der Waals surface area contributed by atoms with Crippen LogP contribution in [0.3, 0.4) is 0 Å². The summed E-state index contributed by atoms with van der Waals surface area (Å²) < 4.78 is 0. The van der Waals surface area contributed by atoms with E-state index < -0.39 is 5.41 Å². The minimum Gasteiger partial charge on any atom is -0.508 e. The van der Waals surface area contributed by atoms with Crippen LogP contribution in [-0.4, -0.2) is 20.4 Å². The molecule has 0 fully saturated rings. The highest BCUT2D eigenvalue weighted by Gasteiger charge is 2.31. The predicted octanol–water partition coefficient (Wildman–Crippen LogP) is 3.96. The van der Waals surface area contributed by atoms with Crippen LogP contribution in [0.5, 0.6) is 23.0 Å². The van der Waals surface area contributed by atoms with Crippen molar-refractivity contribution in [3.8, 4) is 23.0 Å². The molecule has 0 aliphatic heterocycles. The summed E-state index contributed by atoms with van der Waals surface area (Å²) in [5, 5.41) is 40.9. The Hall–Kier alpha value is -2.36. The fraction of sp³-hybridized carbons (Fsp3) is 0.368. The Morgan fingerprint density at radius 2 is 1.04 bits per heavy atom. The number of aromatic hydroxyl groups is 4. The summed E-state index contributed by atoms with van der Waals surface area (Å²) in [7, 11) is 0. The molecule has 0 bridgehead atoms. The fourth-order valence-corrected chi connectivity index (χ4v) is 3.10. The molecule has 124 valence electrons. The standard InChI is InChI=1S/C19H24O4/c1-5-11-15(20)9-7-13(17(11)22)19(3,4)14-8-10-16(21)12(6-2)18(14)23/h7-10,20-23H,5-6H2,1-4H3. The van der Waals surface area contributed by atoms with E-state index in [0.717, 1.165) is 0 Å². The summed E-state index contributed by atoms with van der Waals surface area (Å²) in [4.78, 5) is 0. The molecule has 2 aromatic carbocycles. The first kappa shape index (κ1) is 17.0. The number of benzene rings is 2. The van der Waals surface area contributed by atoms with Crippen LogP contribution in [-0.2, 0) is 18.3 Å². The summed E-state index contributed by atoms with van der Waals surface area (Å²) in [5.41, 5.74) is 1.53. The molecule has 4 heteroatoms. The molecule has 0 aliphatic carbocycles. The molecule has 4 N–H and O–H groups in total. The van der Waals surface area contributed by atoms with Crippen molar-refractivity contribution in [3.05, 3.63) is 46.5 Å². The zero-order valence-electron chi connectivity index (χ0n) is 14.0. The minimum atomic E-state index is -0.691. The van der Waals surface area contributed by atoms with Gasteiger partial charge in [-0.05, 0) is 25.0 Å². The zero-order chi connectivity index (χ0) is 17.4. The molecule has 2 aromatic rings. The van der Waals surface area contributed by atoms with Gasteiger partial charge < -0.3 is 20.4 Å². The van der Waals surface area contributed by atoms with Gasteiger partial charge >= 0.3 is 0 Å². The average Bonchev–Trinajstić information content (AvgIpc) is 2.47. The van der Waals surface area contributed by atoms with Gasteiger partial charge in [-0.15, -0.1) is 0 Å². The van der Waals surface area contributed by atoms with Gasteiger partial charge in [0.25, 0.3) is 0 Å². The third kappa shape index (κ3) is 2.69. The Labute approximate surface area is 136 Å². The van der Waals surface area contributed by atoms with Crippen LogP contribution in [0, 0.1) is 0 Å². The van der Waals surface area contributed by atoms with Crippen LogP contribution in [0.1, 0.15) is 49.9 Å². The van der Waals surface area contributed by atoms with Gasteiger partial charge in [0.15, 0.2) is 0 Å². The van der Waals surface area contributed by atoms with Crippen LogP contribution in [0.25, 0.3) is 0 Å². The minimum absolute atomic E-state index is 0.0445. The second-order valence-electron chi connectivity index (χ2n) is 6.25. The van der Waals surface area contributed by atoms with Crippen molar-refractivity contribution >= 4 is 0 Å². The monoisotopic (exact) mass is 316 g/mol. The van der Waals surface area contributed by atoms with Crippen LogP contribution >= 0.6 is 0 Å². The normalized spacial score (nSPS) is 11.7. The van der Waals surface area contributed by atoms with Crippen LogP contribution < -0.4 is 0 Å². The van der Waals surface area contributed by atoms with Gasteiger partial charge in [0.05, 0.1) is 0 Å². The highest BCUT2D eigenvalue weighted by Crippen LogP contribution is 2.46. The molecule has 0 heterocycles. The fourth-order valence-electron chi connectivity index (χ4n) is 3.10. The Bertz CT molecular complexity index is 671. The Morgan fingerprint density at radius 3 is 1.35 bits per heavy atom. The number of hydrogen-bond acceptors (Lipinski definition) is 4. The number of rotatable bonds is 4. The molecule has 0 radical (unpaired) electrons. The lowest BCUT2D eigenvalue weighted by Crippen LogP contribution is -2.20. The quantitative estimate of drug-likeness (QED) is 0.688. The molecule has 4 nitrogen and oxygen atoms in total. The first-order valence-corrected chi connectivity index (χ1v) is 7.84. The smallest absolute Gasteiger partial charge is 0.126 e. The summed E-state index contributed by atoms with van der Waals surface area (Å²) >= 11 is 0. The highest BCUT2D eigenvalue weighted by molar-refractivity contribution is 5.59. The van der Waals surface area contributed by atoms with Crippen molar-refractivity contribution in [3.63, 3.8) is 0 Å². The number of hydrogen-bond donors (Lipinski definition) is 4. The van der Waals surface area contributed by atoms with E-state index in [1.54, 1.807) is 24.3 Å². The van der Waals surface area contributed by atoms with Crippen molar-refractivity contribution in [2.45, 2.75) is 46.0 Å². The molecular weight excluding hydrogens is 292 g/mol. The van der Waals surface area contributed by atoms with Crippen LogP contribution in [0.2, 0.25) is 0 Å². The summed E-state index contributed by atoms with van der Waals surface area (Å²) in [6.45, 7) is 7.51. The molecule has 2 rings (SSSR count). The summed E-state index contributed by atoms with van der Waals surface area (Å²) in [5.74, 6) is 0.216. The SMILES string of the molecule is CCc1c(O)ccc(C(C)(C)c2ccc(O)c(CC)c2O)c1O. The maximum absolute atomic E-state index is 10.5. The van der Waals surface area contributed by atoms with Gasteiger partial charge in [-0.2, -0.15) is 0 Å². The third-order valence-corrected chi connectivity index (χ3v) is 4.57. The van der Waals surface area contributed by atoms with Crippen molar-refractivity contribution in [2.24, 2.45) is 0 Å². The van der Waals surface area contributed by atoms with E-state index >= 15 is 0 Å². The van der Waals surface area contributed by atoms with Gasteiger partial charge in [0.1, 0.15) is 23.0 Å². The highest BCUT2D eigenvalue weighted by atomic mass is 16.3. The third-order valence-electron chi connectivity index (χ3n) is 4.57. The Kier molecular flexibility index (Phi) is 4.46. The lowest BCUT2D eigenvalue weighted by Gasteiger charge is -2.29. The molecule has 0 saturated carbocycles. The van der Waals surface area contributed by atoms with Crippen LogP contribution in [0.4, 0.5) is 0 Å². The molecule has 0 atom stereocenters. The molecule has 0 saturated heterocycles. The molecule has 0 aromatic heterocycles. The van der Waals surface area contributed by atoms with Gasteiger partial charge in [-0.3, -0.25) is 0 Å². The predicted molar refractivity (Wildman–Crippen MR) is 90.4 cm³/mol. The largest absolute Gasteiger partial charge is 0.508 e. The lowest BCUT2D eigenvalue weighted by molar-refractivity contribution is 0.413. The summed E-state index contributed by atoms with van der Waals surface area (Å²) in [6, 6.07) is 6.46. The van der Waals surface area contributed by atoms with Crippen molar-refractivity contribution in [2.75, 3.05) is 0 Å². The zero-order valence-corrected chi connectivity index (χ0v) is 14.0. The van der Waals surface area contributed by atoms with Crippen molar-refractivity contribution in [1.82, 2.24) is 0 Å². The van der Waals surface area contributed by atoms with Crippen LogP contribution in [0.15, 0.2) is 24.3 Å². The van der Waals surface area contributed by atoms with Gasteiger partial charge in [0.2, 0.25) is 0 Å². The Balaban J connectivity index is 2.69. The maximum atomic E-state index is 10.5. The van der Waals surface area contributed by atoms with E-state index in [0.29, 0.717) is 35.1 Å². The van der Waals surface area contributed by atoms with E-state index in [1.807, 2.05) is 27.7 Å². The lowest BCUT2D eigenvalue weighted by atomic mass is 9.75. The molecule has 0 spiro atoms. The Morgan fingerprint density at radius 1 is 0.696 bits per heavy atom. The first-order valence-electron chi connectivity index (χ1n) is 7.84. The second kappa shape index (κ2) is 6.03. The maximum Gasteiger partial charge on any atom is 0.126 e. The molecular formula is C19H24O4. The molecule has 23 heavy (non-hydrogen) atoms. The van der Waals surface area contributed by atoms with E-state index in [-0.39, 0.29) is 23.0 Å². The molecule has 0 unspecified atom stereocenters. The van der Waals surface area contributed by atoms with E-state index in [9.17, 15) is 20.4 Å². The topological polar surface area (TPSA) is 80.9 Å². The average molecular weight is 316 g/mol.